The summed E-state index contributed by atoms with van der Waals surface area (Å²) in [4.78, 5) is 21.7. The van der Waals surface area contributed by atoms with Crippen LogP contribution in [0.4, 0.5) is 0 Å². The van der Waals surface area contributed by atoms with E-state index in [-0.39, 0.29) is 5.91 Å². The van der Waals surface area contributed by atoms with E-state index < -0.39 is 0 Å². The van der Waals surface area contributed by atoms with Crippen molar-refractivity contribution in [1.82, 2.24) is 15.2 Å². The van der Waals surface area contributed by atoms with E-state index >= 15 is 0 Å². The Labute approximate surface area is 180 Å². The van der Waals surface area contributed by atoms with Gasteiger partial charge in [0.15, 0.2) is 0 Å². The molecule has 0 unspecified atom stereocenters. The summed E-state index contributed by atoms with van der Waals surface area (Å²) in [5.41, 5.74) is 2.32. The van der Waals surface area contributed by atoms with Crippen LogP contribution in [0.3, 0.4) is 0 Å². The third kappa shape index (κ3) is 5.13. The first-order valence-electron chi connectivity index (χ1n) is 10.2. The molecule has 1 aliphatic rings. The highest BCUT2D eigenvalue weighted by Gasteiger charge is 2.31. The Balaban J connectivity index is 1.26. The molecule has 0 saturated carbocycles. The lowest BCUT2D eigenvalue weighted by Crippen LogP contribution is -2.48. The molecule has 1 saturated heterocycles. The number of hydrogen-bond acceptors (Lipinski definition) is 5. The number of hydrogen-bond donors (Lipinski definition) is 1. The van der Waals surface area contributed by atoms with E-state index in [0.29, 0.717) is 24.9 Å². The fourth-order valence-electron chi connectivity index (χ4n) is 3.47. The Morgan fingerprint density at radius 3 is 2.72 bits per heavy atom. The van der Waals surface area contributed by atoms with Gasteiger partial charge in [-0.15, -0.1) is 22.7 Å². The van der Waals surface area contributed by atoms with Gasteiger partial charge in [-0.05, 0) is 42.8 Å². The Morgan fingerprint density at radius 2 is 2.03 bits per heavy atom. The van der Waals surface area contributed by atoms with Crippen molar-refractivity contribution in [2.75, 3.05) is 13.1 Å². The third-order valence-electron chi connectivity index (χ3n) is 5.42. The molecule has 3 aromatic rings. The van der Waals surface area contributed by atoms with Gasteiger partial charge >= 0.3 is 0 Å². The molecule has 152 valence electrons. The zero-order valence-corrected chi connectivity index (χ0v) is 18.6. The van der Waals surface area contributed by atoms with Crippen molar-refractivity contribution in [3.05, 3.63) is 63.4 Å². The molecule has 3 heterocycles. The van der Waals surface area contributed by atoms with Crippen molar-refractivity contribution in [2.24, 2.45) is 0 Å². The van der Waals surface area contributed by atoms with E-state index in [9.17, 15) is 4.79 Å². The number of likely N-dealkylation sites (tertiary alicyclic amines) is 1. The van der Waals surface area contributed by atoms with Crippen LogP contribution >= 0.6 is 22.7 Å². The molecule has 1 amide bonds. The van der Waals surface area contributed by atoms with Crippen LogP contribution in [0.1, 0.15) is 41.6 Å². The van der Waals surface area contributed by atoms with E-state index in [0.717, 1.165) is 25.1 Å². The van der Waals surface area contributed by atoms with Crippen LogP contribution in [-0.4, -0.2) is 34.9 Å². The molecule has 1 fully saturated rings. The second-order valence-corrected chi connectivity index (χ2v) is 9.95. The van der Waals surface area contributed by atoms with Crippen LogP contribution in [0, 0.1) is 0 Å². The van der Waals surface area contributed by atoms with Crippen LogP contribution in [-0.2, 0) is 17.8 Å². The second kappa shape index (κ2) is 9.20. The maximum atomic E-state index is 12.0. The smallest absolute Gasteiger partial charge is 0.220 e. The summed E-state index contributed by atoms with van der Waals surface area (Å²) in [5.74, 6) is 0.685. The van der Waals surface area contributed by atoms with Gasteiger partial charge in [-0.2, -0.15) is 0 Å². The minimum absolute atomic E-state index is 0.102. The minimum atomic E-state index is 0.102. The lowest BCUT2D eigenvalue weighted by Gasteiger charge is -2.41. The largest absolute Gasteiger partial charge is 0.352 e. The highest BCUT2D eigenvalue weighted by Crippen LogP contribution is 2.35. The SMILES string of the molecule is CC(C)N1CC(c2ncc(-c3ccc(CNC(=O)CCc4cccs4)cc3)s2)C1. The number of benzene rings is 1. The number of nitrogens with one attached hydrogen (secondary N) is 1. The van der Waals surface area contributed by atoms with Gasteiger partial charge in [-0.25, -0.2) is 4.98 Å². The molecule has 0 aliphatic carbocycles. The normalized spacial score (nSPS) is 14.9. The zero-order valence-electron chi connectivity index (χ0n) is 16.9. The summed E-state index contributed by atoms with van der Waals surface area (Å²) in [6, 6.07) is 13.2. The van der Waals surface area contributed by atoms with Crippen molar-refractivity contribution < 1.29 is 4.79 Å². The first-order valence-corrected chi connectivity index (χ1v) is 11.9. The predicted octanol–water partition coefficient (Wildman–Crippen LogP) is 4.93. The number of aryl methyl sites for hydroxylation is 1. The number of thiophene rings is 1. The molecular weight excluding hydrogens is 398 g/mol. The van der Waals surface area contributed by atoms with Gasteiger partial charge in [0.1, 0.15) is 0 Å². The first kappa shape index (κ1) is 20.3. The maximum Gasteiger partial charge on any atom is 0.220 e. The van der Waals surface area contributed by atoms with E-state index in [1.807, 2.05) is 17.6 Å². The zero-order chi connectivity index (χ0) is 20.2. The molecule has 29 heavy (non-hydrogen) atoms. The van der Waals surface area contributed by atoms with Gasteiger partial charge in [0, 0.05) is 49.1 Å². The monoisotopic (exact) mass is 425 g/mol. The molecule has 1 aliphatic heterocycles. The fourth-order valence-corrected chi connectivity index (χ4v) is 5.18. The molecule has 0 bridgehead atoms. The summed E-state index contributed by atoms with van der Waals surface area (Å²) in [5, 5.41) is 6.32. The molecule has 1 N–H and O–H groups in total. The number of nitrogens with zero attached hydrogens (tertiary/aromatic N) is 2. The van der Waals surface area contributed by atoms with Crippen molar-refractivity contribution in [1.29, 1.82) is 0 Å². The van der Waals surface area contributed by atoms with E-state index in [1.54, 1.807) is 22.7 Å². The number of thiazole rings is 1. The van der Waals surface area contributed by atoms with Crippen LogP contribution in [0.25, 0.3) is 10.4 Å². The molecular formula is C23H27N3OS2. The molecule has 1 aromatic carbocycles. The standard InChI is InChI=1S/C23H27N3OS2/c1-16(2)26-14-19(15-26)23-25-13-21(29-23)18-7-5-17(6-8-18)12-24-22(27)10-9-20-4-3-11-28-20/h3-8,11,13,16,19H,9-10,12,14-15H2,1-2H3,(H,24,27). The molecule has 2 aromatic heterocycles. The highest BCUT2D eigenvalue weighted by atomic mass is 32.1. The average Bonchev–Trinajstić information content (AvgIpc) is 3.36. The van der Waals surface area contributed by atoms with Crippen LogP contribution < -0.4 is 5.32 Å². The maximum absolute atomic E-state index is 12.0. The first-order chi connectivity index (χ1) is 14.1. The van der Waals surface area contributed by atoms with Crippen molar-refractivity contribution in [3.8, 4) is 10.4 Å². The molecule has 0 radical (unpaired) electrons. The van der Waals surface area contributed by atoms with Crippen LogP contribution in [0.2, 0.25) is 0 Å². The predicted molar refractivity (Wildman–Crippen MR) is 121 cm³/mol. The van der Waals surface area contributed by atoms with Crippen molar-refractivity contribution >= 4 is 28.6 Å². The minimum Gasteiger partial charge on any atom is -0.352 e. The number of carbonyl (C=O) groups excluding carboxylic acids is 1. The quantitative estimate of drug-likeness (QED) is 0.557. The Morgan fingerprint density at radius 1 is 1.24 bits per heavy atom. The second-order valence-electron chi connectivity index (χ2n) is 7.86. The topological polar surface area (TPSA) is 45.2 Å². The summed E-state index contributed by atoms with van der Waals surface area (Å²) in [6.45, 7) is 7.31. The Kier molecular flexibility index (Phi) is 6.43. The molecule has 0 atom stereocenters. The summed E-state index contributed by atoms with van der Waals surface area (Å²) in [6.07, 6.45) is 3.35. The summed E-state index contributed by atoms with van der Waals surface area (Å²) >= 11 is 3.51. The third-order valence-corrected chi connectivity index (χ3v) is 7.56. The van der Waals surface area contributed by atoms with Gasteiger partial charge in [0.25, 0.3) is 0 Å². The molecule has 6 heteroatoms. The van der Waals surface area contributed by atoms with Crippen molar-refractivity contribution in [3.63, 3.8) is 0 Å². The van der Waals surface area contributed by atoms with Gasteiger partial charge < -0.3 is 5.32 Å². The summed E-state index contributed by atoms with van der Waals surface area (Å²) in [7, 11) is 0. The molecule has 4 nitrogen and oxygen atoms in total. The molecule has 4 rings (SSSR count). The number of carbonyl (C=O) groups is 1. The highest BCUT2D eigenvalue weighted by molar-refractivity contribution is 7.15. The number of rotatable bonds is 8. The van der Waals surface area contributed by atoms with Gasteiger partial charge in [0.05, 0.1) is 9.88 Å². The van der Waals surface area contributed by atoms with Crippen molar-refractivity contribution in [2.45, 2.75) is 45.2 Å². The Bertz CT molecular complexity index is 925. The number of aromatic nitrogens is 1. The van der Waals surface area contributed by atoms with Crippen LogP contribution in [0.5, 0.6) is 0 Å². The van der Waals surface area contributed by atoms with E-state index in [4.69, 9.17) is 0 Å². The van der Waals surface area contributed by atoms with E-state index in [2.05, 4.69) is 59.4 Å². The van der Waals surface area contributed by atoms with E-state index in [1.165, 1.54) is 20.3 Å². The average molecular weight is 426 g/mol. The van der Waals surface area contributed by atoms with Gasteiger partial charge in [0.2, 0.25) is 5.91 Å². The number of amides is 1. The summed E-state index contributed by atoms with van der Waals surface area (Å²) < 4.78 is 0. The van der Waals surface area contributed by atoms with Gasteiger partial charge in [-0.1, -0.05) is 30.3 Å². The Hall–Kier alpha value is -2.02. The lowest BCUT2D eigenvalue weighted by atomic mass is 9.99. The lowest BCUT2D eigenvalue weighted by molar-refractivity contribution is -0.121. The van der Waals surface area contributed by atoms with Crippen LogP contribution in [0.15, 0.2) is 48.0 Å². The fraction of sp³-hybridized carbons (Fsp3) is 0.391. The van der Waals surface area contributed by atoms with Gasteiger partial charge in [-0.3, -0.25) is 9.69 Å². The molecule has 0 spiro atoms.